The van der Waals surface area contributed by atoms with Crippen molar-refractivity contribution < 1.29 is 14.3 Å². The van der Waals surface area contributed by atoms with Crippen LogP contribution in [0.3, 0.4) is 0 Å². The Balaban J connectivity index is 1.79. The van der Waals surface area contributed by atoms with Gasteiger partial charge in [-0.3, -0.25) is 9.59 Å². The lowest BCUT2D eigenvalue weighted by Crippen LogP contribution is -2.26. The maximum atomic E-state index is 12.3. The van der Waals surface area contributed by atoms with Gasteiger partial charge in [-0.2, -0.15) is 0 Å². The summed E-state index contributed by atoms with van der Waals surface area (Å²) in [4.78, 5) is 24.5. The highest BCUT2D eigenvalue weighted by atomic mass is 16.5. The third-order valence-corrected chi connectivity index (χ3v) is 4.10. The Morgan fingerprint density at radius 1 is 1.00 bits per heavy atom. The van der Waals surface area contributed by atoms with E-state index in [0.717, 1.165) is 18.6 Å². The smallest absolute Gasteiger partial charge is 0.253 e. The summed E-state index contributed by atoms with van der Waals surface area (Å²) in [5.41, 5.74) is 2.20. The van der Waals surface area contributed by atoms with Crippen LogP contribution in [0.15, 0.2) is 48.5 Å². The van der Waals surface area contributed by atoms with E-state index in [4.69, 9.17) is 4.74 Å². The van der Waals surface area contributed by atoms with Gasteiger partial charge in [0, 0.05) is 13.0 Å². The first-order valence-electron chi connectivity index (χ1n) is 9.46. The van der Waals surface area contributed by atoms with Crippen LogP contribution in [0.25, 0.3) is 0 Å². The molecule has 0 atom stereocenters. The summed E-state index contributed by atoms with van der Waals surface area (Å²) in [6.07, 6.45) is 2.88. The molecule has 27 heavy (non-hydrogen) atoms. The normalized spacial score (nSPS) is 10.3. The van der Waals surface area contributed by atoms with Crippen molar-refractivity contribution in [2.24, 2.45) is 0 Å². The van der Waals surface area contributed by atoms with Gasteiger partial charge in [0.15, 0.2) is 0 Å². The van der Waals surface area contributed by atoms with Gasteiger partial charge in [0.25, 0.3) is 5.91 Å². The maximum absolute atomic E-state index is 12.3. The predicted molar refractivity (Wildman–Crippen MR) is 108 cm³/mol. The molecule has 144 valence electrons. The SMILES string of the molecule is CCCCNC(=O)c1ccccc1NC(=O)CCCOc1ccc(C)cc1. The lowest BCUT2D eigenvalue weighted by molar-refractivity contribution is -0.116. The summed E-state index contributed by atoms with van der Waals surface area (Å²) < 4.78 is 5.63. The molecule has 2 amide bonds. The van der Waals surface area contributed by atoms with Crippen LogP contribution < -0.4 is 15.4 Å². The third-order valence-electron chi connectivity index (χ3n) is 4.10. The molecule has 0 bridgehead atoms. The summed E-state index contributed by atoms with van der Waals surface area (Å²) in [5, 5.41) is 5.71. The Bertz CT molecular complexity index is 741. The zero-order valence-electron chi connectivity index (χ0n) is 16.1. The number of rotatable bonds is 10. The number of carbonyl (C=O) groups is 2. The van der Waals surface area contributed by atoms with E-state index in [1.807, 2.05) is 31.2 Å². The molecule has 0 saturated heterocycles. The highest BCUT2D eigenvalue weighted by Gasteiger charge is 2.12. The summed E-state index contributed by atoms with van der Waals surface area (Å²) in [6, 6.07) is 14.9. The average Bonchev–Trinajstić information content (AvgIpc) is 2.67. The second kappa shape index (κ2) is 11.0. The number of benzene rings is 2. The zero-order valence-corrected chi connectivity index (χ0v) is 16.1. The summed E-state index contributed by atoms with van der Waals surface area (Å²) in [5.74, 6) is 0.508. The first-order valence-corrected chi connectivity index (χ1v) is 9.46. The number of para-hydroxylation sites is 1. The van der Waals surface area contributed by atoms with Gasteiger partial charge < -0.3 is 15.4 Å². The molecule has 2 aromatic rings. The Hall–Kier alpha value is -2.82. The monoisotopic (exact) mass is 368 g/mol. The predicted octanol–water partition coefficient (Wildman–Crippen LogP) is 4.32. The molecule has 2 N–H and O–H groups in total. The molecule has 2 aromatic carbocycles. The van der Waals surface area contributed by atoms with Crippen molar-refractivity contribution in [2.45, 2.75) is 39.5 Å². The largest absolute Gasteiger partial charge is 0.494 e. The number of carbonyl (C=O) groups excluding carboxylic acids is 2. The van der Waals surface area contributed by atoms with Gasteiger partial charge >= 0.3 is 0 Å². The van der Waals surface area contributed by atoms with Crippen LogP contribution in [0.2, 0.25) is 0 Å². The van der Waals surface area contributed by atoms with E-state index in [2.05, 4.69) is 17.6 Å². The van der Waals surface area contributed by atoms with Crippen LogP contribution in [0.5, 0.6) is 5.75 Å². The fourth-order valence-electron chi connectivity index (χ4n) is 2.53. The van der Waals surface area contributed by atoms with Crippen molar-refractivity contribution in [2.75, 3.05) is 18.5 Å². The molecule has 5 heteroatoms. The molecule has 0 spiro atoms. The molecule has 0 aliphatic rings. The number of hydrogen-bond donors (Lipinski definition) is 2. The van der Waals surface area contributed by atoms with Crippen molar-refractivity contribution in [3.05, 3.63) is 59.7 Å². The van der Waals surface area contributed by atoms with Crippen LogP contribution >= 0.6 is 0 Å². The van der Waals surface area contributed by atoms with E-state index >= 15 is 0 Å². The molecule has 2 rings (SSSR count). The molecular weight excluding hydrogens is 340 g/mol. The van der Waals surface area contributed by atoms with Crippen LogP contribution in [0, 0.1) is 6.92 Å². The zero-order chi connectivity index (χ0) is 19.5. The van der Waals surface area contributed by atoms with Crippen molar-refractivity contribution >= 4 is 17.5 Å². The average molecular weight is 368 g/mol. The minimum Gasteiger partial charge on any atom is -0.494 e. The summed E-state index contributed by atoms with van der Waals surface area (Å²) >= 11 is 0. The van der Waals surface area contributed by atoms with Gasteiger partial charge in [-0.15, -0.1) is 0 Å². The van der Waals surface area contributed by atoms with Gasteiger partial charge in [0.1, 0.15) is 5.75 Å². The summed E-state index contributed by atoms with van der Waals surface area (Å²) in [7, 11) is 0. The Kier molecular flexibility index (Phi) is 8.36. The Morgan fingerprint density at radius 2 is 1.74 bits per heavy atom. The van der Waals surface area contributed by atoms with E-state index < -0.39 is 0 Å². The van der Waals surface area contributed by atoms with Crippen LogP contribution in [0.4, 0.5) is 5.69 Å². The number of ether oxygens (including phenoxy) is 1. The highest BCUT2D eigenvalue weighted by Crippen LogP contribution is 2.16. The topological polar surface area (TPSA) is 67.4 Å². The Labute approximate surface area is 161 Å². The number of unbranched alkanes of at least 4 members (excludes halogenated alkanes) is 1. The van der Waals surface area contributed by atoms with Gasteiger partial charge in [0.2, 0.25) is 5.91 Å². The molecular formula is C22H28N2O3. The van der Waals surface area contributed by atoms with E-state index in [1.54, 1.807) is 24.3 Å². The second-order valence-corrected chi connectivity index (χ2v) is 6.47. The number of nitrogens with one attached hydrogen (secondary N) is 2. The lowest BCUT2D eigenvalue weighted by Gasteiger charge is -2.11. The molecule has 5 nitrogen and oxygen atoms in total. The lowest BCUT2D eigenvalue weighted by atomic mass is 10.1. The van der Waals surface area contributed by atoms with Gasteiger partial charge in [-0.1, -0.05) is 43.2 Å². The number of hydrogen-bond acceptors (Lipinski definition) is 3. The van der Waals surface area contributed by atoms with Gasteiger partial charge in [-0.25, -0.2) is 0 Å². The molecule has 0 saturated carbocycles. The highest BCUT2D eigenvalue weighted by molar-refractivity contribution is 6.03. The maximum Gasteiger partial charge on any atom is 0.253 e. The Morgan fingerprint density at radius 3 is 2.48 bits per heavy atom. The van der Waals surface area contributed by atoms with Crippen molar-refractivity contribution in [3.63, 3.8) is 0 Å². The number of anilines is 1. The number of aryl methyl sites for hydroxylation is 1. The van der Waals surface area contributed by atoms with E-state index in [-0.39, 0.29) is 11.8 Å². The quantitative estimate of drug-likeness (QED) is 0.614. The van der Waals surface area contributed by atoms with Crippen molar-refractivity contribution in [1.29, 1.82) is 0 Å². The van der Waals surface area contributed by atoms with Crippen LogP contribution in [-0.4, -0.2) is 25.0 Å². The molecule has 0 fully saturated rings. The van der Waals surface area contributed by atoms with Crippen molar-refractivity contribution in [1.82, 2.24) is 5.32 Å². The van der Waals surface area contributed by atoms with E-state index in [9.17, 15) is 9.59 Å². The summed E-state index contributed by atoms with van der Waals surface area (Å²) in [6.45, 7) is 5.20. The molecule has 0 aliphatic carbocycles. The third kappa shape index (κ3) is 7.13. The molecule has 0 heterocycles. The van der Waals surface area contributed by atoms with Crippen molar-refractivity contribution in [3.8, 4) is 5.75 Å². The molecule has 0 radical (unpaired) electrons. The number of amides is 2. The van der Waals surface area contributed by atoms with E-state index in [0.29, 0.717) is 37.2 Å². The molecule has 0 unspecified atom stereocenters. The fraction of sp³-hybridized carbons (Fsp3) is 0.364. The first-order chi connectivity index (χ1) is 13.1. The minimum atomic E-state index is -0.165. The van der Waals surface area contributed by atoms with E-state index in [1.165, 1.54) is 5.56 Å². The van der Waals surface area contributed by atoms with Gasteiger partial charge in [0.05, 0.1) is 17.9 Å². The van der Waals surface area contributed by atoms with Crippen LogP contribution in [-0.2, 0) is 4.79 Å². The minimum absolute atomic E-state index is 0.128. The second-order valence-electron chi connectivity index (χ2n) is 6.47. The molecule has 0 aromatic heterocycles. The fourth-order valence-corrected chi connectivity index (χ4v) is 2.53. The standard InChI is InChI=1S/C22H28N2O3/c1-3-4-15-23-22(26)19-8-5-6-9-20(19)24-21(25)10-7-16-27-18-13-11-17(2)12-14-18/h5-6,8-9,11-14H,3-4,7,10,15-16H2,1-2H3,(H,23,26)(H,24,25). The van der Waals surface area contributed by atoms with Crippen LogP contribution in [0.1, 0.15) is 48.5 Å². The van der Waals surface area contributed by atoms with Gasteiger partial charge in [-0.05, 0) is 44.0 Å². The molecule has 0 aliphatic heterocycles. The first kappa shape index (κ1) is 20.5.